The van der Waals surface area contributed by atoms with Crippen molar-refractivity contribution in [3.05, 3.63) is 88.7 Å². The van der Waals surface area contributed by atoms with E-state index in [9.17, 15) is 9.59 Å². The average Bonchev–Trinajstić information content (AvgIpc) is 3.19. The summed E-state index contributed by atoms with van der Waals surface area (Å²) in [4.78, 5) is 29.6. The summed E-state index contributed by atoms with van der Waals surface area (Å²) in [6, 6.07) is 14.8. The summed E-state index contributed by atoms with van der Waals surface area (Å²) in [5.74, 6) is -0.288. The van der Waals surface area contributed by atoms with Crippen molar-refractivity contribution in [1.82, 2.24) is 19.3 Å². The molecule has 2 aromatic heterocycles. The van der Waals surface area contributed by atoms with E-state index in [-0.39, 0.29) is 18.0 Å². The Morgan fingerprint density at radius 3 is 2.79 bits per heavy atom. The minimum atomic E-state index is -0.288. The molecule has 28 heavy (non-hydrogen) atoms. The van der Waals surface area contributed by atoms with Gasteiger partial charge in [-0.25, -0.2) is 4.98 Å². The fraction of sp³-hybridized carbons (Fsp3) is 0.143. The molecule has 0 aliphatic rings. The first-order valence-electron chi connectivity index (χ1n) is 8.92. The second kappa shape index (κ2) is 7.48. The van der Waals surface area contributed by atoms with Gasteiger partial charge in [-0.2, -0.15) is 5.10 Å². The van der Waals surface area contributed by atoms with Crippen molar-refractivity contribution in [2.24, 2.45) is 0 Å². The molecular formula is C21H19N5O2. The first-order valence-corrected chi connectivity index (χ1v) is 8.92. The van der Waals surface area contributed by atoms with Crippen molar-refractivity contribution in [1.29, 1.82) is 0 Å². The maximum absolute atomic E-state index is 12.7. The van der Waals surface area contributed by atoms with Crippen molar-refractivity contribution >= 4 is 22.5 Å². The van der Waals surface area contributed by atoms with Gasteiger partial charge in [-0.15, -0.1) is 0 Å². The van der Waals surface area contributed by atoms with Gasteiger partial charge in [0.25, 0.3) is 5.56 Å². The monoisotopic (exact) mass is 373 g/mol. The number of hydrogen-bond acceptors (Lipinski definition) is 4. The first kappa shape index (κ1) is 17.7. The average molecular weight is 373 g/mol. The van der Waals surface area contributed by atoms with Crippen LogP contribution in [-0.4, -0.2) is 25.2 Å². The number of benzene rings is 2. The van der Waals surface area contributed by atoms with Crippen molar-refractivity contribution in [2.75, 3.05) is 5.32 Å². The number of aromatic nitrogens is 4. The number of nitrogens with zero attached hydrogens (tertiary/aromatic N) is 4. The van der Waals surface area contributed by atoms with E-state index >= 15 is 0 Å². The Bertz CT molecular complexity index is 1200. The number of rotatable bonds is 5. The number of nitrogens with one attached hydrogen (secondary N) is 1. The molecule has 0 aliphatic heterocycles. The minimum absolute atomic E-state index is 0.105. The van der Waals surface area contributed by atoms with Gasteiger partial charge < -0.3 is 5.32 Å². The summed E-state index contributed by atoms with van der Waals surface area (Å²) >= 11 is 0. The molecule has 0 saturated heterocycles. The van der Waals surface area contributed by atoms with E-state index in [4.69, 9.17) is 0 Å². The van der Waals surface area contributed by atoms with E-state index in [0.29, 0.717) is 23.1 Å². The SMILES string of the molecule is Cc1cccc2c(=O)n(CC(=O)Nc3ccccc3Cn3cccn3)cnc12. The fourth-order valence-corrected chi connectivity index (χ4v) is 3.14. The Hall–Kier alpha value is -3.74. The van der Waals surface area contributed by atoms with Gasteiger partial charge in [-0.3, -0.25) is 18.8 Å². The van der Waals surface area contributed by atoms with Crippen LogP contribution >= 0.6 is 0 Å². The van der Waals surface area contributed by atoms with Crippen LogP contribution < -0.4 is 10.9 Å². The molecule has 140 valence electrons. The van der Waals surface area contributed by atoms with E-state index in [1.54, 1.807) is 16.9 Å². The largest absolute Gasteiger partial charge is 0.324 e. The Morgan fingerprint density at radius 1 is 1.11 bits per heavy atom. The maximum atomic E-state index is 12.7. The third kappa shape index (κ3) is 3.55. The summed E-state index contributed by atoms with van der Waals surface area (Å²) in [6.07, 6.45) is 5.00. The number of carbonyl (C=O) groups is 1. The summed E-state index contributed by atoms with van der Waals surface area (Å²) in [6.45, 7) is 2.34. The van der Waals surface area contributed by atoms with Gasteiger partial charge in [0.05, 0.1) is 23.8 Å². The topological polar surface area (TPSA) is 81.8 Å². The number of aryl methyl sites for hydroxylation is 1. The lowest BCUT2D eigenvalue weighted by Gasteiger charge is -2.12. The molecule has 1 N–H and O–H groups in total. The third-order valence-electron chi connectivity index (χ3n) is 4.55. The molecule has 7 heteroatoms. The van der Waals surface area contributed by atoms with Gasteiger partial charge in [0.2, 0.25) is 5.91 Å². The number of para-hydroxylation sites is 2. The summed E-state index contributed by atoms with van der Waals surface area (Å²) in [5, 5.41) is 7.60. The maximum Gasteiger partial charge on any atom is 0.261 e. The minimum Gasteiger partial charge on any atom is -0.324 e. The molecule has 2 aromatic carbocycles. The van der Waals surface area contributed by atoms with Gasteiger partial charge in [0, 0.05) is 18.1 Å². The van der Waals surface area contributed by atoms with E-state index in [1.807, 2.05) is 55.6 Å². The van der Waals surface area contributed by atoms with Crippen molar-refractivity contribution < 1.29 is 4.79 Å². The fourth-order valence-electron chi connectivity index (χ4n) is 3.14. The second-order valence-corrected chi connectivity index (χ2v) is 6.56. The van der Waals surface area contributed by atoms with E-state index in [0.717, 1.165) is 11.1 Å². The molecule has 0 fully saturated rings. The molecule has 0 atom stereocenters. The number of fused-ring (bicyclic) bond motifs is 1. The van der Waals surface area contributed by atoms with E-state index < -0.39 is 0 Å². The lowest BCUT2D eigenvalue weighted by molar-refractivity contribution is -0.116. The Morgan fingerprint density at radius 2 is 1.96 bits per heavy atom. The van der Waals surface area contributed by atoms with Gasteiger partial charge in [0.15, 0.2) is 0 Å². The van der Waals surface area contributed by atoms with Crippen molar-refractivity contribution in [3.63, 3.8) is 0 Å². The molecule has 4 rings (SSSR count). The third-order valence-corrected chi connectivity index (χ3v) is 4.55. The van der Waals surface area contributed by atoms with Crippen LogP contribution in [0, 0.1) is 6.92 Å². The van der Waals surface area contributed by atoms with E-state index in [1.165, 1.54) is 10.9 Å². The summed E-state index contributed by atoms with van der Waals surface area (Å²) < 4.78 is 3.11. The highest BCUT2D eigenvalue weighted by atomic mass is 16.2. The lowest BCUT2D eigenvalue weighted by Crippen LogP contribution is -2.28. The predicted molar refractivity (Wildman–Crippen MR) is 107 cm³/mol. The normalized spacial score (nSPS) is 10.9. The molecular weight excluding hydrogens is 354 g/mol. The predicted octanol–water partition coefficient (Wildman–Crippen LogP) is 2.59. The number of carbonyl (C=O) groups excluding carboxylic acids is 1. The van der Waals surface area contributed by atoms with Gasteiger partial charge in [0.1, 0.15) is 6.54 Å². The summed E-state index contributed by atoms with van der Waals surface area (Å²) in [5.41, 5.74) is 2.99. The standard InChI is InChI=1S/C21H19N5O2/c1-15-6-4-8-17-20(15)22-14-25(21(17)28)13-19(27)24-18-9-3-2-7-16(18)12-26-11-5-10-23-26/h2-11,14H,12-13H2,1H3,(H,24,27). The first-order chi connectivity index (χ1) is 13.6. The molecule has 0 aliphatic carbocycles. The smallest absolute Gasteiger partial charge is 0.261 e. The molecule has 0 bridgehead atoms. The van der Waals surface area contributed by atoms with Crippen LogP contribution in [0.5, 0.6) is 0 Å². The van der Waals surface area contributed by atoms with Crippen molar-refractivity contribution in [2.45, 2.75) is 20.0 Å². The zero-order valence-electron chi connectivity index (χ0n) is 15.4. The number of amides is 1. The Balaban J connectivity index is 1.55. The number of anilines is 1. The van der Waals surface area contributed by atoms with Crippen LogP contribution in [0.4, 0.5) is 5.69 Å². The molecule has 2 heterocycles. The molecule has 0 radical (unpaired) electrons. The van der Waals surface area contributed by atoms with Crippen LogP contribution in [0.1, 0.15) is 11.1 Å². The zero-order valence-corrected chi connectivity index (χ0v) is 15.4. The highest BCUT2D eigenvalue weighted by Gasteiger charge is 2.11. The Labute approximate surface area is 161 Å². The summed E-state index contributed by atoms with van der Waals surface area (Å²) in [7, 11) is 0. The molecule has 0 saturated carbocycles. The van der Waals surface area contributed by atoms with Gasteiger partial charge in [-0.1, -0.05) is 30.3 Å². The lowest BCUT2D eigenvalue weighted by atomic mass is 10.1. The molecule has 1 amide bonds. The van der Waals surface area contributed by atoms with Crippen LogP contribution in [0.2, 0.25) is 0 Å². The van der Waals surface area contributed by atoms with Crippen LogP contribution in [0.3, 0.4) is 0 Å². The van der Waals surface area contributed by atoms with Gasteiger partial charge in [-0.05, 0) is 36.2 Å². The van der Waals surface area contributed by atoms with Gasteiger partial charge >= 0.3 is 0 Å². The van der Waals surface area contributed by atoms with Crippen LogP contribution in [0.15, 0.2) is 72.0 Å². The van der Waals surface area contributed by atoms with Crippen LogP contribution in [0.25, 0.3) is 10.9 Å². The quantitative estimate of drug-likeness (QED) is 0.583. The Kier molecular flexibility index (Phi) is 4.72. The zero-order chi connectivity index (χ0) is 19.5. The highest BCUT2D eigenvalue weighted by Crippen LogP contribution is 2.16. The molecule has 7 nitrogen and oxygen atoms in total. The number of hydrogen-bond donors (Lipinski definition) is 1. The molecule has 4 aromatic rings. The van der Waals surface area contributed by atoms with Crippen molar-refractivity contribution in [3.8, 4) is 0 Å². The highest BCUT2D eigenvalue weighted by molar-refractivity contribution is 5.91. The second-order valence-electron chi connectivity index (χ2n) is 6.56. The molecule has 0 unspecified atom stereocenters. The van der Waals surface area contributed by atoms with E-state index in [2.05, 4.69) is 15.4 Å². The molecule has 0 spiro atoms. The van der Waals surface area contributed by atoms with Crippen LogP contribution in [-0.2, 0) is 17.9 Å².